The number of hydrogen-bond acceptors (Lipinski definition) is 6. The van der Waals surface area contributed by atoms with Crippen molar-refractivity contribution in [1.29, 1.82) is 5.26 Å². The van der Waals surface area contributed by atoms with Crippen LogP contribution >= 0.6 is 11.3 Å². The van der Waals surface area contributed by atoms with Crippen LogP contribution in [0.3, 0.4) is 0 Å². The maximum absolute atomic E-state index is 9.02. The summed E-state index contributed by atoms with van der Waals surface area (Å²) in [6.45, 7) is 2.71. The maximum atomic E-state index is 9.02. The maximum Gasteiger partial charge on any atom is 0.162 e. The molecule has 26 heavy (non-hydrogen) atoms. The van der Waals surface area contributed by atoms with Gasteiger partial charge in [-0.25, -0.2) is 4.98 Å². The van der Waals surface area contributed by atoms with Crippen LogP contribution in [0.1, 0.15) is 18.2 Å². The summed E-state index contributed by atoms with van der Waals surface area (Å²) in [7, 11) is 1.65. The molecule has 0 spiro atoms. The topological polar surface area (TPSA) is 64.4 Å². The van der Waals surface area contributed by atoms with E-state index in [2.05, 4.69) is 11.1 Å². The van der Waals surface area contributed by atoms with Gasteiger partial charge in [0.15, 0.2) is 11.5 Å². The first-order valence-corrected chi connectivity index (χ1v) is 9.00. The third-order valence-corrected chi connectivity index (χ3v) is 4.56. The Labute approximate surface area is 156 Å². The van der Waals surface area contributed by atoms with Gasteiger partial charge in [0, 0.05) is 11.4 Å². The molecule has 5 nitrogen and oxygen atoms in total. The van der Waals surface area contributed by atoms with E-state index in [-0.39, 0.29) is 0 Å². The fourth-order valence-electron chi connectivity index (χ4n) is 2.44. The number of nitriles is 1. The highest BCUT2D eigenvalue weighted by Crippen LogP contribution is 2.33. The molecular formula is C20H18N2O3S. The van der Waals surface area contributed by atoms with Crippen molar-refractivity contribution in [3.63, 3.8) is 0 Å². The van der Waals surface area contributed by atoms with Gasteiger partial charge < -0.3 is 14.2 Å². The molecule has 0 aliphatic carbocycles. The Morgan fingerprint density at radius 1 is 1.08 bits per heavy atom. The lowest BCUT2D eigenvalue weighted by molar-refractivity contribution is 0.267. The molecule has 0 unspecified atom stereocenters. The standard InChI is InChI=1S/C20H18N2O3S/c1-3-24-19-10-14(11-21)8-9-18(19)25-12-15-13-26-20(22-15)16-6-4-5-7-17(16)23-2/h4-10,13H,3,12H2,1-2H3. The van der Waals surface area contributed by atoms with Gasteiger partial charge in [0.25, 0.3) is 0 Å². The summed E-state index contributed by atoms with van der Waals surface area (Å²) >= 11 is 1.54. The number of methoxy groups -OCH3 is 1. The normalized spacial score (nSPS) is 10.2. The first kappa shape index (κ1) is 17.8. The van der Waals surface area contributed by atoms with Crippen LogP contribution in [0, 0.1) is 11.3 Å². The largest absolute Gasteiger partial charge is 0.496 e. The third kappa shape index (κ3) is 3.95. The molecule has 0 saturated heterocycles. The van der Waals surface area contributed by atoms with E-state index in [1.54, 1.807) is 36.6 Å². The fourth-order valence-corrected chi connectivity index (χ4v) is 3.27. The van der Waals surface area contributed by atoms with Crippen molar-refractivity contribution in [3.05, 3.63) is 59.1 Å². The molecule has 0 atom stereocenters. The molecule has 0 aliphatic rings. The molecule has 2 aromatic carbocycles. The number of thiazole rings is 1. The summed E-state index contributed by atoms with van der Waals surface area (Å²) in [5, 5.41) is 11.9. The number of ether oxygens (including phenoxy) is 3. The average Bonchev–Trinajstić information content (AvgIpc) is 3.16. The molecule has 6 heteroatoms. The number of benzene rings is 2. The smallest absolute Gasteiger partial charge is 0.162 e. The van der Waals surface area contributed by atoms with E-state index in [1.807, 2.05) is 36.6 Å². The molecule has 0 saturated carbocycles. The monoisotopic (exact) mass is 366 g/mol. The summed E-state index contributed by atoms with van der Waals surface area (Å²) in [4.78, 5) is 4.63. The SMILES string of the molecule is CCOc1cc(C#N)ccc1OCc1csc(-c2ccccc2OC)n1. The van der Waals surface area contributed by atoms with E-state index in [4.69, 9.17) is 19.5 Å². The molecule has 3 rings (SSSR count). The Morgan fingerprint density at radius 2 is 1.92 bits per heavy atom. The number of rotatable bonds is 7. The van der Waals surface area contributed by atoms with Crippen molar-refractivity contribution in [1.82, 2.24) is 4.98 Å². The van der Waals surface area contributed by atoms with Crippen molar-refractivity contribution in [2.24, 2.45) is 0 Å². The van der Waals surface area contributed by atoms with Crippen LogP contribution in [0.25, 0.3) is 10.6 Å². The second-order valence-corrected chi connectivity index (χ2v) is 6.20. The van der Waals surface area contributed by atoms with Crippen LogP contribution in [0.2, 0.25) is 0 Å². The third-order valence-electron chi connectivity index (χ3n) is 3.64. The Balaban J connectivity index is 1.76. The van der Waals surface area contributed by atoms with Gasteiger partial charge in [0.05, 0.1) is 36.6 Å². The van der Waals surface area contributed by atoms with Gasteiger partial charge in [-0.3, -0.25) is 0 Å². The van der Waals surface area contributed by atoms with Crippen LogP contribution in [-0.2, 0) is 6.61 Å². The lowest BCUT2D eigenvalue weighted by Gasteiger charge is -2.11. The Hall–Kier alpha value is -3.04. The highest BCUT2D eigenvalue weighted by atomic mass is 32.1. The van der Waals surface area contributed by atoms with Gasteiger partial charge in [-0.2, -0.15) is 5.26 Å². The molecule has 0 fully saturated rings. The van der Waals surface area contributed by atoms with E-state index < -0.39 is 0 Å². The number of aromatic nitrogens is 1. The number of nitrogens with zero attached hydrogens (tertiary/aromatic N) is 2. The van der Waals surface area contributed by atoms with Crippen LogP contribution in [-0.4, -0.2) is 18.7 Å². The lowest BCUT2D eigenvalue weighted by Crippen LogP contribution is -2.00. The van der Waals surface area contributed by atoms with E-state index in [1.165, 1.54) is 0 Å². The van der Waals surface area contributed by atoms with Crippen LogP contribution < -0.4 is 14.2 Å². The second-order valence-electron chi connectivity index (χ2n) is 5.34. The minimum atomic E-state index is 0.317. The molecule has 1 aromatic heterocycles. The predicted octanol–water partition coefficient (Wildman–Crippen LogP) is 4.67. The van der Waals surface area contributed by atoms with Crippen molar-refractivity contribution in [3.8, 4) is 33.9 Å². The van der Waals surface area contributed by atoms with Gasteiger partial charge in [0.1, 0.15) is 17.4 Å². The Kier molecular flexibility index (Phi) is 5.72. The van der Waals surface area contributed by atoms with E-state index in [9.17, 15) is 0 Å². The second kappa shape index (κ2) is 8.37. The van der Waals surface area contributed by atoms with Crippen LogP contribution in [0.5, 0.6) is 17.2 Å². The first-order chi connectivity index (χ1) is 12.7. The Morgan fingerprint density at radius 3 is 2.69 bits per heavy atom. The fraction of sp³-hybridized carbons (Fsp3) is 0.200. The van der Waals surface area contributed by atoms with Gasteiger partial charge in [-0.15, -0.1) is 11.3 Å². The summed E-state index contributed by atoms with van der Waals surface area (Å²) in [6, 6.07) is 15.0. The zero-order valence-electron chi connectivity index (χ0n) is 14.6. The molecule has 132 valence electrons. The minimum Gasteiger partial charge on any atom is -0.496 e. The summed E-state index contributed by atoms with van der Waals surface area (Å²) < 4.78 is 16.8. The van der Waals surface area contributed by atoms with Gasteiger partial charge in [-0.1, -0.05) is 12.1 Å². The van der Waals surface area contributed by atoms with E-state index >= 15 is 0 Å². The van der Waals surface area contributed by atoms with Crippen molar-refractivity contribution >= 4 is 11.3 Å². The molecule has 0 radical (unpaired) electrons. The first-order valence-electron chi connectivity index (χ1n) is 8.12. The summed E-state index contributed by atoms with van der Waals surface area (Å²) in [6.07, 6.45) is 0. The zero-order chi connectivity index (χ0) is 18.4. The highest BCUT2D eigenvalue weighted by Gasteiger charge is 2.11. The molecule has 1 heterocycles. The molecule has 3 aromatic rings. The number of para-hydroxylation sites is 1. The number of hydrogen-bond donors (Lipinski definition) is 0. The molecule has 0 bridgehead atoms. The average molecular weight is 366 g/mol. The molecule has 0 amide bonds. The minimum absolute atomic E-state index is 0.317. The van der Waals surface area contributed by atoms with Crippen LogP contribution in [0.4, 0.5) is 0 Å². The predicted molar refractivity (Wildman–Crippen MR) is 101 cm³/mol. The van der Waals surface area contributed by atoms with E-state index in [0.29, 0.717) is 30.3 Å². The van der Waals surface area contributed by atoms with Crippen molar-refractivity contribution in [2.45, 2.75) is 13.5 Å². The molecule has 0 N–H and O–H groups in total. The Bertz CT molecular complexity index is 931. The van der Waals surface area contributed by atoms with Gasteiger partial charge in [0.2, 0.25) is 0 Å². The van der Waals surface area contributed by atoms with Crippen molar-refractivity contribution in [2.75, 3.05) is 13.7 Å². The summed E-state index contributed by atoms with van der Waals surface area (Å²) in [5.74, 6) is 1.95. The van der Waals surface area contributed by atoms with Gasteiger partial charge in [-0.05, 0) is 31.2 Å². The highest BCUT2D eigenvalue weighted by molar-refractivity contribution is 7.13. The van der Waals surface area contributed by atoms with Gasteiger partial charge >= 0.3 is 0 Å². The quantitative estimate of drug-likeness (QED) is 0.608. The summed E-state index contributed by atoms with van der Waals surface area (Å²) in [5.41, 5.74) is 2.32. The van der Waals surface area contributed by atoms with E-state index in [0.717, 1.165) is 22.0 Å². The molecular weight excluding hydrogens is 348 g/mol. The molecule has 0 aliphatic heterocycles. The van der Waals surface area contributed by atoms with Crippen LogP contribution in [0.15, 0.2) is 47.8 Å². The van der Waals surface area contributed by atoms with Crippen molar-refractivity contribution < 1.29 is 14.2 Å². The zero-order valence-corrected chi connectivity index (χ0v) is 15.4. The lowest BCUT2D eigenvalue weighted by atomic mass is 10.2.